The molecule has 0 saturated heterocycles. The number of alkyl halides is 1. The van der Waals surface area contributed by atoms with Crippen molar-refractivity contribution in [1.29, 1.82) is 0 Å². The Hall–Kier alpha value is 0.480. The highest BCUT2D eigenvalue weighted by atomic mass is 79.9. The van der Waals surface area contributed by atoms with Crippen LogP contribution in [0.4, 0.5) is 0 Å². The lowest BCUT2D eigenvalue weighted by Gasteiger charge is -2.06. The van der Waals surface area contributed by atoms with Gasteiger partial charge >= 0.3 is 0 Å². The predicted octanol–water partition coefficient (Wildman–Crippen LogP) is 4.77. The zero-order valence-corrected chi connectivity index (χ0v) is 10.2. The first kappa shape index (κ1) is 12.5. The van der Waals surface area contributed by atoms with Gasteiger partial charge in [0.2, 0.25) is 0 Å². The second-order valence-corrected chi connectivity index (χ2v) is 4.46. The lowest BCUT2D eigenvalue weighted by Crippen LogP contribution is -1.94. The van der Waals surface area contributed by atoms with Crippen molar-refractivity contribution in [2.24, 2.45) is 5.92 Å². The molecule has 0 bridgehead atoms. The first-order valence-corrected chi connectivity index (χ1v) is 6.49. The van der Waals surface area contributed by atoms with Crippen molar-refractivity contribution in [3.05, 3.63) is 0 Å². The molecule has 0 aliphatic rings. The third kappa shape index (κ3) is 8.58. The summed E-state index contributed by atoms with van der Waals surface area (Å²) in [5.41, 5.74) is 0. The van der Waals surface area contributed by atoms with E-state index in [9.17, 15) is 0 Å². The number of unbranched alkanes of at least 4 members (excludes halogenated alkanes) is 5. The van der Waals surface area contributed by atoms with Gasteiger partial charge in [0.05, 0.1) is 0 Å². The van der Waals surface area contributed by atoms with Gasteiger partial charge in [-0.25, -0.2) is 0 Å². The summed E-state index contributed by atoms with van der Waals surface area (Å²) in [5.74, 6) is 0.871. The van der Waals surface area contributed by atoms with Crippen molar-refractivity contribution in [2.45, 2.75) is 58.8 Å². The van der Waals surface area contributed by atoms with Gasteiger partial charge in [-0.1, -0.05) is 68.3 Å². The van der Waals surface area contributed by atoms with Gasteiger partial charge in [0, 0.05) is 5.33 Å². The molecular formula is C11H23Br. The van der Waals surface area contributed by atoms with Crippen LogP contribution >= 0.6 is 15.9 Å². The summed E-state index contributed by atoms with van der Waals surface area (Å²) >= 11 is 3.51. The van der Waals surface area contributed by atoms with Crippen LogP contribution in [0.15, 0.2) is 0 Å². The van der Waals surface area contributed by atoms with Gasteiger partial charge in [0.25, 0.3) is 0 Å². The van der Waals surface area contributed by atoms with Crippen molar-refractivity contribution in [2.75, 3.05) is 5.33 Å². The van der Waals surface area contributed by atoms with Crippen LogP contribution in [0.25, 0.3) is 0 Å². The van der Waals surface area contributed by atoms with Crippen molar-refractivity contribution in [3.63, 3.8) is 0 Å². The smallest absolute Gasteiger partial charge is 0.00570 e. The van der Waals surface area contributed by atoms with Gasteiger partial charge < -0.3 is 0 Å². The lowest BCUT2D eigenvalue weighted by molar-refractivity contribution is 0.521. The molecule has 0 spiro atoms. The van der Waals surface area contributed by atoms with Gasteiger partial charge in [0.1, 0.15) is 0 Å². The second kappa shape index (κ2) is 9.57. The van der Waals surface area contributed by atoms with Crippen LogP contribution in [0.5, 0.6) is 0 Å². The molecule has 0 saturated carbocycles. The fourth-order valence-corrected chi connectivity index (χ4v) is 1.67. The van der Waals surface area contributed by atoms with E-state index >= 15 is 0 Å². The zero-order valence-electron chi connectivity index (χ0n) is 8.61. The van der Waals surface area contributed by atoms with Gasteiger partial charge in [-0.05, 0) is 12.3 Å². The summed E-state index contributed by atoms with van der Waals surface area (Å²) in [6.45, 7) is 4.59. The van der Waals surface area contributed by atoms with Gasteiger partial charge in [0.15, 0.2) is 0 Å². The summed E-state index contributed by atoms with van der Waals surface area (Å²) < 4.78 is 0. The molecule has 0 heterocycles. The van der Waals surface area contributed by atoms with E-state index in [-0.39, 0.29) is 0 Å². The Bertz CT molecular complexity index is 81.1. The Kier molecular flexibility index (Phi) is 9.95. The summed E-state index contributed by atoms with van der Waals surface area (Å²) in [5, 5.41) is 1.17. The molecule has 0 radical (unpaired) electrons. The maximum Gasteiger partial charge on any atom is 0.00570 e. The Balaban J connectivity index is 2.90. The second-order valence-electron chi connectivity index (χ2n) is 3.82. The fraction of sp³-hybridized carbons (Fsp3) is 1.00. The van der Waals surface area contributed by atoms with Crippen LogP contribution in [0.1, 0.15) is 58.8 Å². The van der Waals surface area contributed by atoms with E-state index in [2.05, 4.69) is 29.8 Å². The average molecular weight is 235 g/mol. The van der Waals surface area contributed by atoms with Crippen LogP contribution < -0.4 is 0 Å². The molecule has 74 valence electrons. The van der Waals surface area contributed by atoms with Gasteiger partial charge in [-0.15, -0.1) is 0 Å². The van der Waals surface area contributed by atoms with E-state index in [0.29, 0.717) is 0 Å². The highest BCUT2D eigenvalue weighted by Crippen LogP contribution is 2.13. The van der Waals surface area contributed by atoms with Crippen LogP contribution in [0.3, 0.4) is 0 Å². The molecule has 0 rings (SSSR count). The summed E-state index contributed by atoms with van der Waals surface area (Å²) in [7, 11) is 0. The van der Waals surface area contributed by atoms with E-state index in [4.69, 9.17) is 0 Å². The third-order valence-corrected chi connectivity index (χ3v) is 3.42. The number of rotatable bonds is 8. The van der Waals surface area contributed by atoms with Crippen molar-refractivity contribution in [3.8, 4) is 0 Å². The molecule has 0 aliphatic carbocycles. The van der Waals surface area contributed by atoms with Crippen LogP contribution in [-0.4, -0.2) is 5.33 Å². The lowest BCUT2D eigenvalue weighted by atomic mass is 10.0. The third-order valence-electron chi connectivity index (χ3n) is 2.31. The molecule has 1 atom stereocenters. The van der Waals surface area contributed by atoms with Crippen LogP contribution in [0.2, 0.25) is 0 Å². The fourth-order valence-electron chi connectivity index (χ4n) is 1.35. The molecule has 0 N–H and O–H groups in total. The quantitative estimate of drug-likeness (QED) is 0.420. The number of hydrogen-bond donors (Lipinski definition) is 0. The minimum atomic E-state index is 0.871. The molecular weight excluding hydrogens is 212 g/mol. The molecule has 0 aromatic heterocycles. The van der Waals surface area contributed by atoms with E-state index in [0.717, 1.165) is 5.92 Å². The monoisotopic (exact) mass is 234 g/mol. The molecule has 0 fully saturated rings. The van der Waals surface area contributed by atoms with Gasteiger partial charge in [-0.2, -0.15) is 0 Å². The largest absolute Gasteiger partial charge is 0.0925 e. The van der Waals surface area contributed by atoms with E-state index in [1.165, 1.54) is 50.3 Å². The minimum Gasteiger partial charge on any atom is -0.0925 e. The standard InChI is InChI=1S/C11H23Br/c1-3-4-5-6-7-8-9-11(2)10-12/h11H,3-10H2,1-2H3/t11-/m0/s1. The molecule has 0 unspecified atom stereocenters. The first-order chi connectivity index (χ1) is 5.81. The minimum absolute atomic E-state index is 0.871. The van der Waals surface area contributed by atoms with Crippen LogP contribution in [0, 0.1) is 5.92 Å². The van der Waals surface area contributed by atoms with E-state index in [1.54, 1.807) is 0 Å². The molecule has 1 heteroatoms. The first-order valence-electron chi connectivity index (χ1n) is 5.37. The van der Waals surface area contributed by atoms with Crippen LogP contribution in [-0.2, 0) is 0 Å². The van der Waals surface area contributed by atoms with E-state index in [1.807, 2.05) is 0 Å². The Morgan fingerprint density at radius 3 is 2.17 bits per heavy atom. The predicted molar refractivity (Wildman–Crippen MR) is 61.0 cm³/mol. The maximum atomic E-state index is 3.51. The number of halogens is 1. The summed E-state index contributed by atoms with van der Waals surface area (Å²) in [4.78, 5) is 0. The molecule has 0 aromatic carbocycles. The Morgan fingerprint density at radius 1 is 1.00 bits per heavy atom. The Labute approximate surface area is 86.3 Å². The van der Waals surface area contributed by atoms with Crippen molar-refractivity contribution < 1.29 is 0 Å². The molecule has 0 aliphatic heterocycles. The zero-order chi connectivity index (χ0) is 9.23. The molecule has 12 heavy (non-hydrogen) atoms. The Morgan fingerprint density at radius 2 is 1.58 bits per heavy atom. The molecule has 0 nitrogen and oxygen atoms in total. The van der Waals surface area contributed by atoms with Gasteiger partial charge in [-0.3, -0.25) is 0 Å². The topological polar surface area (TPSA) is 0 Å². The highest BCUT2D eigenvalue weighted by molar-refractivity contribution is 9.09. The van der Waals surface area contributed by atoms with Crippen molar-refractivity contribution in [1.82, 2.24) is 0 Å². The van der Waals surface area contributed by atoms with E-state index < -0.39 is 0 Å². The summed E-state index contributed by atoms with van der Waals surface area (Å²) in [6, 6.07) is 0. The molecule has 0 aromatic rings. The van der Waals surface area contributed by atoms with Crippen molar-refractivity contribution >= 4 is 15.9 Å². The number of hydrogen-bond acceptors (Lipinski definition) is 0. The summed E-state index contributed by atoms with van der Waals surface area (Å²) in [6.07, 6.45) is 9.94. The highest BCUT2D eigenvalue weighted by Gasteiger charge is 1.98. The maximum absolute atomic E-state index is 3.51. The molecule has 0 amide bonds. The average Bonchev–Trinajstić information content (AvgIpc) is 2.10. The normalized spacial score (nSPS) is 13.2. The SMILES string of the molecule is CCCCCCCC[C@H](C)CBr.